The SMILES string of the molecule is N#C/C(=C/c1ccc(-c2ccc(-c3ccc(N(c4ccccc4)c4ccccc4)cc3)s2)nc1)C(=O)O. The molecule has 0 aliphatic carbocycles. The third-order valence-corrected chi connectivity index (χ3v) is 6.90. The van der Waals surface area contributed by atoms with E-state index in [1.165, 1.54) is 6.08 Å². The van der Waals surface area contributed by atoms with Crippen LogP contribution in [-0.2, 0) is 4.79 Å². The maximum absolute atomic E-state index is 11.1. The van der Waals surface area contributed by atoms with Crippen molar-refractivity contribution in [1.82, 2.24) is 4.98 Å². The van der Waals surface area contributed by atoms with Crippen molar-refractivity contribution < 1.29 is 9.90 Å². The Hall–Kier alpha value is -4.99. The Kier molecular flexibility index (Phi) is 6.89. The Labute approximate surface area is 218 Å². The predicted octanol–water partition coefficient (Wildman–Crippen LogP) is 7.94. The van der Waals surface area contributed by atoms with Crippen LogP contribution in [0.1, 0.15) is 5.56 Å². The topological polar surface area (TPSA) is 77.2 Å². The van der Waals surface area contributed by atoms with Gasteiger partial charge in [-0.3, -0.25) is 4.98 Å². The van der Waals surface area contributed by atoms with Crippen molar-refractivity contribution in [3.05, 3.63) is 127 Å². The quantitative estimate of drug-likeness (QED) is 0.182. The lowest BCUT2D eigenvalue weighted by Gasteiger charge is -2.25. The van der Waals surface area contributed by atoms with Crippen molar-refractivity contribution in [3.63, 3.8) is 0 Å². The number of anilines is 3. The molecule has 6 heteroatoms. The van der Waals surface area contributed by atoms with Crippen molar-refractivity contribution in [1.29, 1.82) is 5.26 Å². The molecule has 5 rings (SSSR count). The number of carbonyl (C=O) groups is 1. The van der Waals surface area contributed by atoms with Crippen LogP contribution in [0.15, 0.2) is 121 Å². The largest absolute Gasteiger partial charge is 0.477 e. The van der Waals surface area contributed by atoms with Gasteiger partial charge in [-0.25, -0.2) is 4.79 Å². The molecule has 0 aliphatic rings. The summed E-state index contributed by atoms with van der Waals surface area (Å²) in [5.41, 5.74) is 5.40. The molecule has 0 saturated carbocycles. The van der Waals surface area contributed by atoms with E-state index in [9.17, 15) is 4.79 Å². The summed E-state index contributed by atoms with van der Waals surface area (Å²) in [4.78, 5) is 19.9. The highest BCUT2D eigenvalue weighted by Crippen LogP contribution is 2.37. The highest BCUT2D eigenvalue weighted by atomic mass is 32.1. The molecule has 3 aromatic carbocycles. The fraction of sp³-hybridized carbons (Fsp3) is 0. The van der Waals surface area contributed by atoms with Gasteiger partial charge < -0.3 is 10.0 Å². The van der Waals surface area contributed by atoms with E-state index in [0.717, 1.165) is 38.1 Å². The number of rotatable bonds is 7. The van der Waals surface area contributed by atoms with Crippen molar-refractivity contribution >= 4 is 40.4 Å². The first-order valence-corrected chi connectivity index (χ1v) is 12.4. The lowest BCUT2D eigenvalue weighted by atomic mass is 10.1. The van der Waals surface area contributed by atoms with E-state index in [4.69, 9.17) is 10.4 Å². The zero-order valence-electron chi connectivity index (χ0n) is 19.7. The molecular formula is C31H21N3O2S. The van der Waals surface area contributed by atoms with Crippen LogP contribution in [0.2, 0.25) is 0 Å². The molecule has 0 atom stereocenters. The number of aliphatic carboxylic acids is 1. The zero-order valence-corrected chi connectivity index (χ0v) is 20.5. The standard InChI is InChI=1S/C31H21N3O2S/c32-20-24(31(35)36)19-22-11-16-28(33-21-22)30-18-17-29(37-30)23-12-14-27(15-13-23)34(25-7-3-1-4-8-25)26-9-5-2-6-10-26/h1-19,21H,(H,35,36)/b24-19-. The van der Waals surface area contributed by atoms with Crippen LogP contribution < -0.4 is 4.90 Å². The molecular weight excluding hydrogens is 478 g/mol. The lowest BCUT2D eigenvalue weighted by Crippen LogP contribution is -2.09. The summed E-state index contributed by atoms with van der Waals surface area (Å²) in [7, 11) is 0. The predicted molar refractivity (Wildman–Crippen MR) is 149 cm³/mol. The smallest absolute Gasteiger partial charge is 0.346 e. The highest BCUT2D eigenvalue weighted by molar-refractivity contribution is 7.18. The average molecular weight is 500 g/mol. The Morgan fingerprint density at radius 2 is 1.38 bits per heavy atom. The number of pyridine rings is 1. The first-order chi connectivity index (χ1) is 18.1. The van der Waals surface area contributed by atoms with Crippen LogP contribution in [0.25, 0.3) is 27.1 Å². The number of thiophene rings is 1. The summed E-state index contributed by atoms with van der Waals surface area (Å²) in [5.74, 6) is -1.25. The normalized spacial score (nSPS) is 11.1. The molecule has 0 saturated heterocycles. The monoisotopic (exact) mass is 499 g/mol. The molecule has 5 aromatic rings. The van der Waals surface area contributed by atoms with Crippen LogP contribution in [0.4, 0.5) is 17.1 Å². The summed E-state index contributed by atoms with van der Waals surface area (Å²) in [5, 5.41) is 18.0. The summed E-state index contributed by atoms with van der Waals surface area (Å²) in [6.45, 7) is 0. The third kappa shape index (κ3) is 5.32. The first-order valence-electron chi connectivity index (χ1n) is 11.5. The van der Waals surface area contributed by atoms with Crippen LogP contribution in [0, 0.1) is 11.3 Å². The fourth-order valence-electron chi connectivity index (χ4n) is 3.95. The maximum Gasteiger partial charge on any atom is 0.346 e. The second kappa shape index (κ2) is 10.7. The van der Waals surface area contributed by atoms with E-state index in [0.29, 0.717) is 5.56 Å². The second-order valence-corrected chi connectivity index (χ2v) is 9.25. The molecule has 0 radical (unpaired) electrons. The first kappa shape index (κ1) is 23.7. The van der Waals surface area contributed by atoms with Gasteiger partial charge >= 0.3 is 5.97 Å². The molecule has 178 valence electrons. The summed E-state index contributed by atoms with van der Waals surface area (Å²) >= 11 is 1.64. The minimum atomic E-state index is -1.25. The van der Waals surface area contributed by atoms with Gasteiger partial charge in [0.25, 0.3) is 0 Å². The highest BCUT2D eigenvalue weighted by Gasteiger charge is 2.13. The molecule has 0 amide bonds. The van der Waals surface area contributed by atoms with Gasteiger partial charge in [0.15, 0.2) is 0 Å². The minimum Gasteiger partial charge on any atom is -0.477 e. The van der Waals surface area contributed by atoms with E-state index in [1.54, 1.807) is 29.7 Å². The Morgan fingerprint density at radius 1 is 0.784 bits per heavy atom. The van der Waals surface area contributed by atoms with Gasteiger partial charge in [-0.1, -0.05) is 54.6 Å². The van der Waals surface area contributed by atoms with Gasteiger partial charge in [-0.05, 0) is 71.8 Å². The van der Waals surface area contributed by atoms with Crippen molar-refractivity contribution in [2.24, 2.45) is 0 Å². The summed E-state index contributed by atoms with van der Waals surface area (Å²) in [6, 6.07) is 38.5. The van der Waals surface area contributed by atoms with Gasteiger partial charge in [-0.2, -0.15) is 5.26 Å². The average Bonchev–Trinajstić information content (AvgIpc) is 3.44. The van der Waals surface area contributed by atoms with Crippen LogP contribution in [-0.4, -0.2) is 16.1 Å². The summed E-state index contributed by atoms with van der Waals surface area (Å²) in [6.07, 6.45) is 2.89. The molecule has 0 aliphatic heterocycles. The number of carboxylic acid groups (broad SMARTS) is 1. The number of aromatic nitrogens is 1. The molecule has 2 heterocycles. The van der Waals surface area contributed by atoms with Crippen molar-refractivity contribution in [2.75, 3.05) is 4.90 Å². The molecule has 5 nitrogen and oxygen atoms in total. The van der Waals surface area contributed by atoms with Gasteiger partial charge in [0.1, 0.15) is 11.6 Å². The van der Waals surface area contributed by atoms with E-state index in [1.807, 2.05) is 48.5 Å². The molecule has 0 fully saturated rings. The van der Waals surface area contributed by atoms with Crippen LogP contribution in [0.5, 0.6) is 0 Å². The van der Waals surface area contributed by atoms with E-state index in [2.05, 4.69) is 64.5 Å². The van der Waals surface area contributed by atoms with Gasteiger partial charge in [0, 0.05) is 28.1 Å². The second-order valence-electron chi connectivity index (χ2n) is 8.17. The zero-order chi connectivity index (χ0) is 25.6. The molecule has 0 bridgehead atoms. The number of para-hydroxylation sites is 2. The van der Waals surface area contributed by atoms with E-state index >= 15 is 0 Å². The number of nitrogens with zero attached hydrogens (tertiary/aromatic N) is 3. The van der Waals surface area contributed by atoms with E-state index < -0.39 is 5.97 Å². The van der Waals surface area contributed by atoms with E-state index in [-0.39, 0.29) is 5.57 Å². The van der Waals surface area contributed by atoms with Crippen LogP contribution in [0.3, 0.4) is 0 Å². The minimum absolute atomic E-state index is 0.325. The Morgan fingerprint density at radius 3 is 1.92 bits per heavy atom. The molecule has 37 heavy (non-hydrogen) atoms. The number of benzene rings is 3. The number of hydrogen-bond acceptors (Lipinski definition) is 5. The number of hydrogen-bond donors (Lipinski definition) is 1. The van der Waals surface area contributed by atoms with Crippen molar-refractivity contribution in [2.45, 2.75) is 0 Å². The number of carboxylic acids is 1. The fourth-order valence-corrected chi connectivity index (χ4v) is 4.94. The Balaban J connectivity index is 1.39. The molecule has 0 unspecified atom stereocenters. The van der Waals surface area contributed by atoms with Gasteiger partial charge in [0.05, 0.1) is 10.6 Å². The maximum atomic E-state index is 11.1. The van der Waals surface area contributed by atoms with Crippen molar-refractivity contribution in [3.8, 4) is 27.1 Å². The number of nitriles is 1. The Bertz CT molecular complexity index is 1550. The third-order valence-electron chi connectivity index (χ3n) is 5.75. The molecule has 2 aromatic heterocycles. The molecule has 0 spiro atoms. The summed E-state index contributed by atoms with van der Waals surface area (Å²) < 4.78 is 0. The van der Waals surface area contributed by atoms with Gasteiger partial charge in [0.2, 0.25) is 0 Å². The van der Waals surface area contributed by atoms with Gasteiger partial charge in [-0.15, -0.1) is 11.3 Å². The lowest BCUT2D eigenvalue weighted by molar-refractivity contribution is -0.132. The van der Waals surface area contributed by atoms with Crippen LogP contribution >= 0.6 is 11.3 Å². The molecule has 1 N–H and O–H groups in total.